The van der Waals surface area contributed by atoms with Crippen LogP contribution in [-0.2, 0) is 13.1 Å². The monoisotopic (exact) mass is 466 g/mol. The molecule has 0 saturated heterocycles. The second kappa shape index (κ2) is 7.91. The van der Waals surface area contributed by atoms with Crippen molar-refractivity contribution in [2.75, 3.05) is 0 Å². The van der Waals surface area contributed by atoms with Crippen LogP contribution in [0.5, 0.6) is 0 Å². The van der Waals surface area contributed by atoms with Crippen molar-refractivity contribution in [2.45, 2.75) is 38.1 Å². The predicted octanol–water partition coefficient (Wildman–Crippen LogP) is 3.07. The van der Waals surface area contributed by atoms with Gasteiger partial charge in [0.05, 0.1) is 35.5 Å². The number of fused-ring (bicyclic) bond motifs is 2. The highest BCUT2D eigenvalue weighted by atomic mass is 35.5. The van der Waals surface area contributed by atoms with Gasteiger partial charge in [-0.15, -0.1) is 5.10 Å². The molecule has 5 aromatic rings. The second-order valence-corrected chi connectivity index (χ2v) is 8.69. The zero-order chi connectivity index (χ0) is 22.5. The molecule has 0 bridgehead atoms. The van der Waals surface area contributed by atoms with E-state index in [1.54, 1.807) is 21.5 Å². The van der Waals surface area contributed by atoms with Gasteiger partial charge in [-0.1, -0.05) is 22.9 Å². The molecule has 0 aromatic carbocycles. The minimum Gasteiger partial charge on any atom is -0.373 e. The molecule has 6 rings (SSSR count). The molecule has 11 heteroatoms. The number of imidazole rings is 2. The Hall–Kier alpha value is -3.34. The Bertz CT molecular complexity index is 1470. The maximum Gasteiger partial charge on any atom is 0.167 e. The van der Waals surface area contributed by atoms with Gasteiger partial charge in [0.2, 0.25) is 0 Å². The number of pyridine rings is 2. The van der Waals surface area contributed by atoms with E-state index in [-0.39, 0.29) is 17.1 Å². The molecule has 5 heterocycles. The van der Waals surface area contributed by atoms with Gasteiger partial charge in [0, 0.05) is 25.1 Å². The SMILES string of the molecule is OC(NCc1ncn2ccc(Cl)c(F)c12)c1cn(Cc2cn3cc(C4CC4)ccc3n2)nn1. The van der Waals surface area contributed by atoms with Crippen LogP contribution >= 0.6 is 11.6 Å². The molecule has 1 saturated carbocycles. The first kappa shape index (κ1) is 20.3. The number of rotatable bonds is 7. The van der Waals surface area contributed by atoms with Gasteiger partial charge in [0.1, 0.15) is 16.9 Å². The fraction of sp³-hybridized carbons (Fsp3) is 0.273. The van der Waals surface area contributed by atoms with E-state index >= 15 is 0 Å². The Morgan fingerprint density at radius 2 is 2.06 bits per heavy atom. The van der Waals surface area contributed by atoms with E-state index in [0.29, 0.717) is 23.9 Å². The van der Waals surface area contributed by atoms with E-state index in [1.807, 2.05) is 16.7 Å². The molecule has 0 aliphatic heterocycles. The number of nitrogens with zero attached hydrogens (tertiary/aromatic N) is 7. The van der Waals surface area contributed by atoms with Crippen LogP contribution in [0.2, 0.25) is 5.02 Å². The van der Waals surface area contributed by atoms with Crippen molar-refractivity contribution >= 4 is 22.8 Å². The molecule has 2 N–H and O–H groups in total. The Balaban J connectivity index is 1.14. The van der Waals surface area contributed by atoms with Crippen molar-refractivity contribution in [3.05, 3.63) is 82.8 Å². The first-order valence-corrected chi connectivity index (χ1v) is 11.0. The van der Waals surface area contributed by atoms with Gasteiger partial charge < -0.3 is 13.9 Å². The number of nitrogens with one attached hydrogen (secondary N) is 1. The van der Waals surface area contributed by atoms with Crippen LogP contribution in [0, 0.1) is 5.82 Å². The zero-order valence-corrected chi connectivity index (χ0v) is 18.2. The van der Waals surface area contributed by atoms with E-state index in [2.05, 4.69) is 37.9 Å². The highest BCUT2D eigenvalue weighted by Gasteiger charge is 2.24. The topological polar surface area (TPSA) is 97.6 Å². The largest absolute Gasteiger partial charge is 0.373 e. The Morgan fingerprint density at radius 3 is 2.91 bits per heavy atom. The summed E-state index contributed by atoms with van der Waals surface area (Å²) >= 11 is 5.88. The second-order valence-electron chi connectivity index (χ2n) is 8.28. The minimum absolute atomic E-state index is 0.0171. The summed E-state index contributed by atoms with van der Waals surface area (Å²) in [6.45, 7) is 0.549. The molecule has 5 aromatic heterocycles. The molecule has 33 heavy (non-hydrogen) atoms. The van der Waals surface area contributed by atoms with Gasteiger partial charge in [-0.2, -0.15) is 0 Å². The van der Waals surface area contributed by atoms with Crippen LogP contribution in [0.3, 0.4) is 0 Å². The van der Waals surface area contributed by atoms with Crippen molar-refractivity contribution in [3.63, 3.8) is 0 Å². The maximum absolute atomic E-state index is 14.4. The van der Waals surface area contributed by atoms with Crippen LogP contribution in [0.1, 0.15) is 47.6 Å². The fourth-order valence-corrected chi connectivity index (χ4v) is 4.14. The third kappa shape index (κ3) is 3.86. The van der Waals surface area contributed by atoms with E-state index < -0.39 is 12.0 Å². The Labute approximate surface area is 192 Å². The van der Waals surface area contributed by atoms with Crippen molar-refractivity contribution < 1.29 is 9.50 Å². The molecule has 0 radical (unpaired) electrons. The summed E-state index contributed by atoms with van der Waals surface area (Å²) in [5, 5.41) is 21.6. The number of hydrogen-bond donors (Lipinski definition) is 2. The molecule has 0 spiro atoms. The van der Waals surface area contributed by atoms with Gasteiger partial charge in [-0.25, -0.2) is 19.0 Å². The lowest BCUT2D eigenvalue weighted by Crippen LogP contribution is -2.21. The predicted molar refractivity (Wildman–Crippen MR) is 118 cm³/mol. The van der Waals surface area contributed by atoms with Crippen LogP contribution < -0.4 is 5.32 Å². The van der Waals surface area contributed by atoms with Crippen molar-refractivity contribution in [1.29, 1.82) is 0 Å². The number of aliphatic hydroxyl groups excluding tert-OH is 1. The van der Waals surface area contributed by atoms with Crippen molar-refractivity contribution in [2.24, 2.45) is 0 Å². The average Bonchev–Trinajstić information content (AvgIpc) is 3.23. The zero-order valence-electron chi connectivity index (χ0n) is 17.4. The first-order valence-electron chi connectivity index (χ1n) is 10.6. The number of halogens is 2. The van der Waals surface area contributed by atoms with Crippen LogP contribution in [0.4, 0.5) is 4.39 Å². The summed E-state index contributed by atoms with van der Waals surface area (Å²) < 4.78 is 19.6. The molecule has 1 atom stereocenters. The molecule has 1 aliphatic rings. The molecular formula is C22H20ClFN8O. The van der Waals surface area contributed by atoms with E-state index in [0.717, 1.165) is 11.3 Å². The van der Waals surface area contributed by atoms with E-state index in [9.17, 15) is 9.50 Å². The summed E-state index contributed by atoms with van der Waals surface area (Å²) in [4.78, 5) is 8.84. The highest BCUT2D eigenvalue weighted by molar-refractivity contribution is 6.31. The molecular weight excluding hydrogens is 447 g/mol. The summed E-state index contributed by atoms with van der Waals surface area (Å²) in [5.74, 6) is 0.131. The minimum atomic E-state index is -1.10. The third-order valence-electron chi connectivity index (χ3n) is 5.86. The first-order chi connectivity index (χ1) is 16.0. The smallest absolute Gasteiger partial charge is 0.167 e. The third-order valence-corrected chi connectivity index (χ3v) is 6.16. The highest BCUT2D eigenvalue weighted by Crippen LogP contribution is 2.39. The molecule has 0 amide bonds. The van der Waals surface area contributed by atoms with Gasteiger partial charge in [-0.3, -0.25) is 5.32 Å². The van der Waals surface area contributed by atoms with Crippen LogP contribution in [0.25, 0.3) is 11.2 Å². The number of aromatic nitrogens is 7. The van der Waals surface area contributed by atoms with Crippen LogP contribution in [-0.4, -0.2) is 38.9 Å². The van der Waals surface area contributed by atoms with Crippen molar-refractivity contribution in [3.8, 4) is 0 Å². The van der Waals surface area contributed by atoms with Gasteiger partial charge >= 0.3 is 0 Å². The van der Waals surface area contributed by atoms with E-state index in [4.69, 9.17) is 11.6 Å². The van der Waals surface area contributed by atoms with Gasteiger partial charge in [0.25, 0.3) is 0 Å². The van der Waals surface area contributed by atoms with Crippen molar-refractivity contribution in [1.82, 2.24) is 39.1 Å². The molecule has 1 aliphatic carbocycles. The van der Waals surface area contributed by atoms with Gasteiger partial charge in [-0.05, 0) is 36.5 Å². The Morgan fingerprint density at radius 1 is 1.18 bits per heavy atom. The number of aliphatic hydroxyl groups is 1. The standard InChI is InChI=1S/C22H20ClFN8O/c23-16-5-6-30-12-26-17(21(30)20(16)24)7-25-22(33)18-11-32(29-28-18)10-15-9-31-8-14(13-1-2-13)3-4-19(31)27-15/h3-6,8-9,11-13,22,25,33H,1-2,7,10H2. The summed E-state index contributed by atoms with van der Waals surface area (Å²) in [7, 11) is 0. The number of hydrogen-bond acceptors (Lipinski definition) is 6. The molecule has 1 fully saturated rings. The summed E-state index contributed by atoms with van der Waals surface area (Å²) in [5.41, 5.74) is 4.11. The lowest BCUT2D eigenvalue weighted by molar-refractivity contribution is 0.132. The molecule has 9 nitrogen and oxygen atoms in total. The summed E-state index contributed by atoms with van der Waals surface area (Å²) in [6, 6.07) is 5.64. The van der Waals surface area contributed by atoms with E-state index in [1.165, 1.54) is 30.8 Å². The summed E-state index contributed by atoms with van der Waals surface area (Å²) in [6.07, 6.45) is 10.3. The fourth-order valence-electron chi connectivity index (χ4n) is 3.99. The van der Waals surface area contributed by atoms with Crippen LogP contribution in [0.15, 0.2) is 49.3 Å². The van der Waals surface area contributed by atoms with Gasteiger partial charge in [0.15, 0.2) is 12.0 Å². The maximum atomic E-state index is 14.4. The Kier molecular flexibility index (Phi) is 4.86. The molecule has 1 unspecified atom stereocenters. The lowest BCUT2D eigenvalue weighted by atomic mass is 10.2. The normalized spacial score (nSPS) is 15.0. The molecule has 168 valence electrons. The lowest BCUT2D eigenvalue weighted by Gasteiger charge is -2.09. The average molecular weight is 467 g/mol. The quantitative estimate of drug-likeness (QED) is 0.358.